The Hall–Kier alpha value is -1.64. The van der Waals surface area contributed by atoms with E-state index in [0.29, 0.717) is 12.2 Å². The van der Waals surface area contributed by atoms with Crippen molar-refractivity contribution in [3.8, 4) is 5.75 Å². The molecule has 0 aromatic heterocycles. The number of hydrogen-bond acceptors (Lipinski definition) is 3. The van der Waals surface area contributed by atoms with E-state index in [-0.39, 0.29) is 23.4 Å². The zero-order chi connectivity index (χ0) is 14.4. The van der Waals surface area contributed by atoms with Crippen LogP contribution in [0.1, 0.15) is 45.1 Å². The molecule has 0 amide bonds. The van der Waals surface area contributed by atoms with Gasteiger partial charge in [0, 0.05) is 12.3 Å². The Kier molecular flexibility index (Phi) is 5.74. The predicted molar refractivity (Wildman–Crippen MR) is 75.5 cm³/mol. The number of methoxy groups -OCH3 is 1. The van der Waals surface area contributed by atoms with Crippen molar-refractivity contribution in [3.05, 3.63) is 29.8 Å². The molecular weight excluding hydrogens is 240 g/mol. The smallest absolute Gasteiger partial charge is 0.141 e. The molecule has 0 fully saturated rings. The van der Waals surface area contributed by atoms with Crippen molar-refractivity contribution < 1.29 is 14.3 Å². The van der Waals surface area contributed by atoms with Gasteiger partial charge in [0.15, 0.2) is 0 Å². The summed E-state index contributed by atoms with van der Waals surface area (Å²) in [5, 5.41) is 0. The number of Topliss-reactive ketones (excluding diaryl/α,β-unsaturated/α-hetero) is 2. The molecule has 0 radical (unpaired) electrons. The first-order chi connectivity index (χ1) is 9.01. The van der Waals surface area contributed by atoms with Crippen LogP contribution in [-0.2, 0) is 9.59 Å². The molecule has 2 unspecified atom stereocenters. The Balaban J connectivity index is 3.14. The monoisotopic (exact) mass is 262 g/mol. The Bertz CT molecular complexity index is 451. The number of benzene rings is 1. The largest absolute Gasteiger partial charge is 0.497 e. The molecule has 0 aliphatic heterocycles. The first-order valence-corrected chi connectivity index (χ1v) is 6.68. The maximum Gasteiger partial charge on any atom is 0.141 e. The van der Waals surface area contributed by atoms with Crippen LogP contribution in [0.25, 0.3) is 0 Å². The second kappa shape index (κ2) is 7.07. The van der Waals surface area contributed by atoms with Gasteiger partial charge in [0.2, 0.25) is 0 Å². The van der Waals surface area contributed by atoms with E-state index in [0.717, 1.165) is 12.0 Å². The van der Waals surface area contributed by atoms with Crippen LogP contribution >= 0.6 is 0 Å². The van der Waals surface area contributed by atoms with Gasteiger partial charge in [-0.1, -0.05) is 26.0 Å². The Morgan fingerprint density at radius 1 is 1.32 bits per heavy atom. The highest BCUT2D eigenvalue weighted by Crippen LogP contribution is 2.30. The average molecular weight is 262 g/mol. The third kappa shape index (κ3) is 3.91. The fourth-order valence-electron chi connectivity index (χ4n) is 2.22. The molecule has 1 aromatic rings. The van der Waals surface area contributed by atoms with E-state index in [1.54, 1.807) is 7.11 Å². The summed E-state index contributed by atoms with van der Waals surface area (Å²) in [6, 6.07) is 7.42. The quantitative estimate of drug-likeness (QED) is 0.756. The predicted octanol–water partition coefficient (Wildman–Crippen LogP) is 3.37. The van der Waals surface area contributed by atoms with Crippen LogP contribution in [0.3, 0.4) is 0 Å². The Morgan fingerprint density at radius 2 is 2.00 bits per heavy atom. The number of carbonyl (C=O) groups excluding carboxylic acids is 2. The van der Waals surface area contributed by atoms with Gasteiger partial charge in [-0.2, -0.15) is 0 Å². The van der Waals surface area contributed by atoms with Crippen LogP contribution in [0, 0.1) is 5.92 Å². The molecular formula is C16H22O3. The van der Waals surface area contributed by atoms with Crippen LogP contribution < -0.4 is 4.74 Å². The minimum Gasteiger partial charge on any atom is -0.497 e. The number of rotatable bonds is 7. The van der Waals surface area contributed by atoms with Crippen molar-refractivity contribution in [1.29, 1.82) is 0 Å². The summed E-state index contributed by atoms with van der Waals surface area (Å²) in [5.41, 5.74) is 0.862. The van der Waals surface area contributed by atoms with Crippen molar-refractivity contribution in [2.75, 3.05) is 7.11 Å². The molecule has 0 spiro atoms. The molecule has 0 saturated carbocycles. The lowest BCUT2D eigenvalue weighted by Gasteiger charge is -2.21. The second-order valence-corrected chi connectivity index (χ2v) is 4.87. The van der Waals surface area contributed by atoms with Gasteiger partial charge in [-0.25, -0.2) is 0 Å². The van der Waals surface area contributed by atoms with Gasteiger partial charge in [0.25, 0.3) is 0 Å². The van der Waals surface area contributed by atoms with E-state index in [2.05, 4.69) is 0 Å². The topological polar surface area (TPSA) is 43.4 Å². The van der Waals surface area contributed by atoms with Crippen LogP contribution in [0.5, 0.6) is 5.75 Å². The number of ether oxygens (including phenoxy) is 1. The van der Waals surface area contributed by atoms with Gasteiger partial charge in [0.05, 0.1) is 13.0 Å². The van der Waals surface area contributed by atoms with Gasteiger partial charge in [-0.3, -0.25) is 9.59 Å². The maximum absolute atomic E-state index is 12.3. The zero-order valence-electron chi connectivity index (χ0n) is 12.1. The van der Waals surface area contributed by atoms with Gasteiger partial charge < -0.3 is 4.74 Å². The van der Waals surface area contributed by atoms with E-state index in [1.807, 2.05) is 38.1 Å². The Morgan fingerprint density at radius 3 is 2.53 bits per heavy atom. The molecule has 0 N–H and O–H groups in total. The van der Waals surface area contributed by atoms with Crippen LogP contribution in [0.4, 0.5) is 0 Å². The van der Waals surface area contributed by atoms with Crippen molar-refractivity contribution in [3.63, 3.8) is 0 Å². The number of ketones is 2. The number of carbonyl (C=O) groups is 2. The van der Waals surface area contributed by atoms with E-state index in [9.17, 15) is 9.59 Å². The average Bonchev–Trinajstić information content (AvgIpc) is 2.39. The summed E-state index contributed by atoms with van der Waals surface area (Å²) < 4.78 is 5.19. The molecule has 0 heterocycles. The van der Waals surface area contributed by atoms with Crippen molar-refractivity contribution in [1.82, 2.24) is 0 Å². The molecule has 1 rings (SSSR count). The standard InChI is InChI=1S/C16H22O3/c1-5-7-15(18)16(11(2)12(3)17)13-8-6-9-14(10-13)19-4/h6,8-11,16H,5,7H2,1-4H3. The van der Waals surface area contributed by atoms with Crippen molar-refractivity contribution in [2.24, 2.45) is 5.92 Å². The molecule has 0 aliphatic carbocycles. The zero-order valence-corrected chi connectivity index (χ0v) is 12.1. The summed E-state index contributed by atoms with van der Waals surface area (Å²) >= 11 is 0. The fourth-order valence-corrected chi connectivity index (χ4v) is 2.22. The minimum absolute atomic E-state index is 0.0391. The second-order valence-electron chi connectivity index (χ2n) is 4.87. The van der Waals surface area contributed by atoms with E-state index in [1.165, 1.54) is 6.92 Å². The minimum atomic E-state index is -0.368. The molecule has 3 nitrogen and oxygen atoms in total. The van der Waals surface area contributed by atoms with E-state index < -0.39 is 0 Å². The lowest BCUT2D eigenvalue weighted by molar-refractivity contribution is -0.128. The molecule has 19 heavy (non-hydrogen) atoms. The third-order valence-corrected chi connectivity index (χ3v) is 3.44. The van der Waals surface area contributed by atoms with Gasteiger partial charge >= 0.3 is 0 Å². The maximum atomic E-state index is 12.3. The van der Waals surface area contributed by atoms with Gasteiger partial charge in [-0.05, 0) is 31.0 Å². The van der Waals surface area contributed by atoms with Crippen molar-refractivity contribution in [2.45, 2.75) is 39.5 Å². The lowest BCUT2D eigenvalue weighted by Crippen LogP contribution is -2.24. The van der Waals surface area contributed by atoms with Gasteiger partial charge in [0.1, 0.15) is 17.3 Å². The highest BCUT2D eigenvalue weighted by atomic mass is 16.5. The van der Waals surface area contributed by atoms with Gasteiger partial charge in [-0.15, -0.1) is 0 Å². The lowest BCUT2D eigenvalue weighted by atomic mass is 9.80. The SMILES string of the molecule is CCCC(=O)C(c1cccc(OC)c1)C(C)C(C)=O. The fraction of sp³-hybridized carbons (Fsp3) is 0.500. The summed E-state index contributed by atoms with van der Waals surface area (Å²) in [4.78, 5) is 23.9. The van der Waals surface area contributed by atoms with Crippen LogP contribution in [-0.4, -0.2) is 18.7 Å². The van der Waals surface area contributed by atoms with E-state index >= 15 is 0 Å². The first-order valence-electron chi connectivity index (χ1n) is 6.68. The van der Waals surface area contributed by atoms with E-state index in [4.69, 9.17) is 4.74 Å². The first kappa shape index (κ1) is 15.4. The summed E-state index contributed by atoms with van der Waals surface area (Å²) in [7, 11) is 1.59. The third-order valence-electron chi connectivity index (χ3n) is 3.44. The molecule has 1 aromatic carbocycles. The van der Waals surface area contributed by atoms with Crippen LogP contribution in [0.2, 0.25) is 0 Å². The molecule has 0 aliphatic rings. The molecule has 0 bridgehead atoms. The van der Waals surface area contributed by atoms with Crippen molar-refractivity contribution >= 4 is 11.6 Å². The summed E-state index contributed by atoms with van der Waals surface area (Å²) in [6.45, 7) is 5.33. The highest BCUT2D eigenvalue weighted by molar-refractivity contribution is 5.92. The highest BCUT2D eigenvalue weighted by Gasteiger charge is 2.29. The molecule has 104 valence electrons. The molecule has 0 saturated heterocycles. The Labute approximate surface area is 115 Å². The summed E-state index contributed by atoms with van der Waals surface area (Å²) in [6.07, 6.45) is 1.30. The molecule has 2 atom stereocenters. The normalized spacial score (nSPS) is 13.7. The number of hydrogen-bond donors (Lipinski definition) is 0. The molecule has 3 heteroatoms. The summed E-state index contributed by atoms with van der Waals surface area (Å²) in [5.74, 6) is 0.206. The van der Waals surface area contributed by atoms with Crippen LogP contribution in [0.15, 0.2) is 24.3 Å².